The number of amides is 1. The third-order valence-electron chi connectivity index (χ3n) is 3.01. The first-order chi connectivity index (χ1) is 10.2. The Hall–Kier alpha value is -2.41. The second-order valence-corrected chi connectivity index (χ2v) is 4.67. The maximum absolute atomic E-state index is 11.8. The molecule has 0 aliphatic rings. The van der Waals surface area contributed by atoms with Crippen molar-refractivity contribution in [2.24, 2.45) is 5.92 Å². The van der Waals surface area contributed by atoms with Crippen molar-refractivity contribution >= 4 is 5.91 Å². The van der Waals surface area contributed by atoms with E-state index < -0.39 is 5.69 Å². The van der Waals surface area contributed by atoms with Crippen LogP contribution in [0.5, 0.6) is 0 Å². The van der Waals surface area contributed by atoms with Crippen LogP contribution in [0, 0.1) is 5.92 Å². The van der Waals surface area contributed by atoms with E-state index in [0.29, 0.717) is 13.0 Å². The molecule has 0 spiro atoms. The molecule has 1 amide bonds. The van der Waals surface area contributed by atoms with Crippen molar-refractivity contribution in [3.63, 3.8) is 0 Å². The van der Waals surface area contributed by atoms with E-state index in [9.17, 15) is 14.7 Å². The molecule has 0 aliphatic carbocycles. The number of nitrogens with one attached hydrogen (secondary N) is 1. The summed E-state index contributed by atoms with van der Waals surface area (Å²) in [5.41, 5.74) is -0.470. The van der Waals surface area contributed by atoms with Crippen LogP contribution in [-0.4, -0.2) is 33.7 Å². The number of aromatic nitrogens is 2. The minimum Gasteiger partial charge on any atom is -0.469 e. The number of aliphatic hydroxyl groups is 1. The summed E-state index contributed by atoms with van der Waals surface area (Å²) in [6.45, 7) is 0.157. The quantitative estimate of drug-likeness (QED) is 0.736. The summed E-state index contributed by atoms with van der Waals surface area (Å²) in [6.07, 6.45) is 4.98. The smallest absolute Gasteiger partial charge is 0.347 e. The number of furan rings is 1. The lowest BCUT2D eigenvalue weighted by atomic mass is 10.1. The van der Waals surface area contributed by atoms with Gasteiger partial charge < -0.3 is 14.8 Å². The lowest BCUT2D eigenvalue weighted by molar-refractivity contribution is -0.122. The van der Waals surface area contributed by atoms with Gasteiger partial charge in [-0.25, -0.2) is 9.78 Å². The zero-order chi connectivity index (χ0) is 15.1. The maximum atomic E-state index is 11.8. The Labute approximate surface area is 121 Å². The Morgan fingerprint density at radius 2 is 2.33 bits per heavy atom. The van der Waals surface area contributed by atoms with Gasteiger partial charge in [0.05, 0.1) is 6.26 Å². The minimum absolute atomic E-state index is 0.0617. The van der Waals surface area contributed by atoms with E-state index in [-0.39, 0.29) is 25.0 Å². The van der Waals surface area contributed by atoms with Gasteiger partial charge in [-0.2, -0.15) is 0 Å². The molecule has 2 aromatic rings. The van der Waals surface area contributed by atoms with Gasteiger partial charge in [0.25, 0.3) is 0 Å². The average molecular weight is 291 g/mol. The standard InChI is InChI=1S/C14H17N3O4/c18-10-11(7-12-3-1-6-21-12)8-16-13(19)9-17-5-2-4-15-14(17)20/h1-6,11,18H,7-10H2,(H,16,19)/t11-/m0/s1. The zero-order valence-corrected chi connectivity index (χ0v) is 11.4. The first-order valence-corrected chi connectivity index (χ1v) is 6.60. The lowest BCUT2D eigenvalue weighted by Gasteiger charge is -2.14. The van der Waals surface area contributed by atoms with Crippen LogP contribution in [-0.2, 0) is 17.8 Å². The number of aliphatic hydroxyl groups excluding tert-OH is 1. The predicted molar refractivity (Wildman–Crippen MR) is 74.5 cm³/mol. The van der Waals surface area contributed by atoms with Gasteiger partial charge >= 0.3 is 5.69 Å². The van der Waals surface area contributed by atoms with Gasteiger partial charge in [0.1, 0.15) is 12.3 Å². The van der Waals surface area contributed by atoms with Gasteiger partial charge in [-0.15, -0.1) is 0 Å². The molecule has 7 heteroatoms. The first-order valence-electron chi connectivity index (χ1n) is 6.60. The van der Waals surface area contributed by atoms with Crippen molar-refractivity contribution in [2.45, 2.75) is 13.0 Å². The number of carbonyl (C=O) groups excluding carboxylic acids is 1. The topological polar surface area (TPSA) is 97.4 Å². The Bertz CT molecular complexity index is 621. The van der Waals surface area contributed by atoms with Gasteiger partial charge in [0.15, 0.2) is 0 Å². The average Bonchev–Trinajstić information content (AvgIpc) is 2.99. The van der Waals surface area contributed by atoms with E-state index >= 15 is 0 Å². The van der Waals surface area contributed by atoms with E-state index in [2.05, 4.69) is 10.3 Å². The van der Waals surface area contributed by atoms with Crippen molar-refractivity contribution in [3.8, 4) is 0 Å². The molecule has 1 atom stereocenters. The monoisotopic (exact) mass is 291 g/mol. The molecule has 112 valence electrons. The van der Waals surface area contributed by atoms with Crippen LogP contribution in [0.4, 0.5) is 0 Å². The van der Waals surface area contributed by atoms with Gasteiger partial charge in [-0.3, -0.25) is 9.36 Å². The molecular weight excluding hydrogens is 274 g/mol. The molecule has 0 unspecified atom stereocenters. The van der Waals surface area contributed by atoms with Crippen LogP contribution in [0.2, 0.25) is 0 Å². The van der Waals surface area contributed by atoms with Crippen LogP contribution in [0.1, 0.15) is 5.76 Å². The largest absolute Gasteiger partial charge is 0.469 e. The van der Waals surface area contributed by atoms with E-state index in [4.69, 9.17) is 4.42 Å². The molecule has 0 saturated carbocycles. The third kappa shape index (κ3) is 4.57. The van der Waals surface area contributed by atoms with Gasteiger partial charge in [0, 0.05) is 37.9 Å². The maximum Gasteiger partial charge on any atom is 0.347 e. The van der Waals surface area contributed by atoms with Gasteiger partial charge in [-0.1, -0.05) is 0 Å². The van der Waals surface area contributed by atoms with Crippen molar-refractivity contribution in [3.05, 3.63) is 53.1 Å². The summed E-state index contributed by atoms with van der Waals surface area (Å²) in [5, 5.41) is 12.0. The molecule has 7 nitrogen and oxygen atoms in total. The summed E-state index contributed by atoms with van der Waals surface area (Å²) in [7, 11) is 0. The highest BCUT2D eigenvalue weighted by Gasteiger charge is 2.12. The highest BCUT2D eigenvalue weighted by Crippen LogP contribution is 2.08. The summed E-state index contributed by atoms with van der Waals surface area (Å²) in [4.78, 5) is 26.7. The first kappa shape index (κ1) is 15.0. The summed E-state index contributed by atoms with van der Waals surface area (Å²) in [5.74, 6) is 0.320. The Morgan fingerprint density at radius 3 is 3.00 bits per heavy atom. The number of nitrogens with zero attached hydrogens (tertiary/aromatic N) is 2. The van der Waals surface area contributed by atoms with Gasteiger partial charge in [-0.05, 0) is 18.2 Å². The highest BCUT2D eigenvalue weighted by atomic mass is 16.3. The number of rotatable bonds is 7. The van der Waals surface area contributed by atoms with E-state index in [1.54, 1.807) is 18.4 Å². The number of hydrogen-bond acceptors (Lipinski definition) is 5. The molecule has 2 rings (SSSR count). The third-order valence-corrected chi connectivity index (χ3v) is 3.01. The lowest BCUT2D eigenvalue weighted by Crippen LogP contribution is -2.36. The fraction of sp³-hybridized carbons (Fsp3) is 0.357. The van der Waals surface area contributed by atoms with E-state index in [1.165, 1.54) is 17.0 Å². The van der Waals surface area contributed by atoms with Crippen LogP contribution < -0.4 is 11.0 Å². The van der Waals surface area contributed by atoms with Crippen molar-refractivity contribution in [2.75, 3.05) is 13.2 Å². The fourth-order valence-electron chi connectivity index (χ4n) is 1.89. The van der Waals surface area contributed by atoms with Crippen molar-refractivity contribution in [1.29, 1.82) is 0 Å². The molecule has 0 fully saturated rings. The Kier molecular flexibility index (Phi) is 5.28. The Morgan fingerprint density at radius 1 is 1.48 bits per heavy atom. The number of carbonyl (C=O) groups is 1. The summed E-state index contributed by atoms with van der Waals surface area (Å²) >= 11 is 0. The van der Waals surface area contributed by atoms with E-state index in [1.807, 2.05) is 6.07 Å². The SMILES string of the molecule is O=C(Cn1cccnc1=O)NC[C@@H](CO)Cc1ccco1. The summed E-state index contributed by atoms with van der Waals surface area (Å²) < 4.78 is 6.42. The molecule has 2 aromatic heterocycles. The second-order valence-electron chi connectivity index (χ2n) is 4.67. The normalized spacial score (nSPS) is 12.0. The number of hydrogen-bond donors (Lipinski definition) is 2. The fourth-order valence-corrected chi connectivity index (χ4v) is 1.89. The highest BCUT2D eigenvalue weighted by molar-refractivity contribution is 5.75. The zero-order valence-electron chi connectivity index (χ0n) is 11.4. The van der Waals surface area contributed by atoms with Crippen LogP contribution >= 0.6 is 0 Å². The molecule has 0 aliphatic heterocycles. The second kappa shape index (κ2) is 7.39. The van der Waals surface area contributed by atoms with Crippen LogP contribution in [0.3, 0.4) is 0 Å². The molecule has 0 radical (unpaired) electrons. The van der Waals surface area contributed by atoms with Crippen molar-refractivity contribution in [1.82, 2.24) is 14.9 Å². The predicted octanol–water partition coefficient (Wildman–Crippen LogP) is -0.196. The Balaban J connectivity index is 1.82. The minimum atomic E-state index is -0.470. The molecule has 0 bridgehead atoms. The van der Waals surface area contributed by atoms with Crippen LogP contribution in [0.25, 0.3) is 0 Å². The van der Waals surface area contributed by atoms with Crippen molar-refractivity contribution < 1.29 is 14.3 Å². The van der Waals surface area contributed by atoms with E-state index in [0.717, 1.165) is 5.76 Å². The van der Waals surface area contributed by atoms with Crippen LogP contribution in [0.15, 0.2) is 46.1 Å². The molecule has 2 N–H and O–H groups in total. The molecular formula is C14H17N3O4. The molecule has 2 heterocycles. The molecule has 0 aromatic carbocycles. The van der Waals surface area contributed by atoms with Gasteiger partial charge in [0.2, 0.25) is 5.91 Å². The molecule has 21 heavy (non-hydrogen) atoms. The molecule has 0 saturated heterocycles. The summed E-state index contributed by atoms with van der Waals surface area (Å²) in [6, 6.07) is 5.18.